The third-order valence-corrected chi connectivity index (χ3v) is 5.18. The number of aliphatic hydroxyl groups excluding tert-OH is 1. The standard InChI is InChI=1S/C25H29NO5/c1-5-13-26-22(17-10-8-9-16(4)14-17)21(24(28)25(26)29)23(27)19-12-11-18(30-6-2)15-20(19)31-7-3/h8-12,14-15,22,27H,5-7,13H2,1-4H3/b23-21-. The van der Waals surface area contributed by atoms with E-state index in [1.807, 2.05) is 52.0 Å². The number of amides is 1. The first-order valence-corrected chi connectivity index (χ1v) is 10.7. The fourth-order valence-corrected chi connectivity index (χ4v) is 3.91. The molecule has 31 heavy (non-hydrogen) atoms. The van der Waals surface area contributed by atoms with Gasteiger partial charge in [0.2, 0.25) is 0 Å². The van der Waals surface area contributed by atoms with Crippen LogP contribution in [0.4, 0.5) is 0 Å². The van der Waals surface area contributed by atoms with Gasteiger partial charge in [-0.05, 0) is 44.9 Å². The first-order chi connectivity index (χ1) is 14.9. The third kappa shape index (κ3) is 4.43. The van der Waals surface area contributed by atoms with E-state index in [0.29, 0.717) is 43.2 Å². The van der Waals surface area contributed by atoms with Crippen LogP contribution in [0.25, 0.3) is 5.76 Å². The number of ketones is 1. The van der Waals surface area contributed by atoms with Gasteiger partial charge in [-0.2, -0.15) is 0 Å². The van der Waals surface area contributed by atoms with Crippen molar-refractivity contribution >= 4 is 17.4 Å². The lowest BCUT2D eigenvalue weighted by Gasteiger charge is -2.25. The topological polar surface area (TPSA) is 76.1 Å². The van der Waals surface area contributed by atoms with E-state index in [1.54, 1.807) is 18.2 Å². The second-order valence-corrected chi connectivity index (χ2v) is 7.43. The van der Waals surface area contributed by atoms with Crippen LogP contribution in [0.3, 0.4) is 0 Å². The number of hydrogen-bond acceptors (Lipinski definition) is 5. The fraction of sp³-hybridized carbons (Fsp3) is 0.360. The minimum Gasteiger partial charge on any atom is -0.507 e. The summed E-state index contributed by atoms with van der Waals surface area (Å²) in [7, 11) is 0. The van der Waals surface area contributed by atoms with Crippen LogP contribution in [-0.2, 0) is 9.59 Å². The zero-order valence-electron chi connectivity index (χ0n) is 18.5. The van der Waals surface area contributed by atoms with Crippen LogP contribution in [0.15, 0.2) is 48.0 Å². The van der Waals surface area contributed by atoms with Gasteiger partial charge >= 0.3 is 0 Å². The molecule has 1 unspecified atom stereocenters. The predicted molar refractivity (Wildman–Crippen MR) is 119 cm³/mol. The number of ether oxygens (including phenoxy) is 2. The van der Waals surface area contributed by atoms with Crippen LogP contribution in [0.2, 0.25) is 0 Å². The van der Waals surface area contributed by atoms with Crippen LogP contribution in [0.1, 0.15) is 49.9 Å². The van der Waals surface area contributed by atoms with Crippen molar-refractivity contribution in [2.45, 2.75) is 40.2 Å². The fourth-order valence-electron chi connectivity index (χ4n) is 3.91. The Hall–Kier alpha value is -3.28. The van der Waals surface area contributed by atoms with E-state index in [1.165, 1.54) is 4.90 Å². The third-order valence-electron chi connectivity index (χ3n) is 5.18. The minimum atomic E-state index is -0.686. The molecular weight excluding hydrogens is 394 g/mol. The first kappa shape index (κ1) is 22.4. The summed E-state index contributed by atoms with van der Waals surface area (Å²) in [6.45, 7) is 8.91. The number of nitrogens with zero attached hydrogens (tertiary/aromatic N) is 1. The van der Waals surface area contributed by atoms with Crippen molar-refractivity contribution in [3.63, 3.8) is 0 Å². The van der Waals surface area contributed by atoms with Gasteiger partial charge in [0.1, 0.15) is 17.3 Å². The second kappa shape index (κ2) is 9.69. The zero-order chi connectivity index (χ0) is 22.5. The molecule has 3 rings (SSSR count). The maximum atomic E-state index is 13.0. The molecule has 2 aromatic carbocycles. The number of carbonyl (C=O) groups excluding carboxylic acids is 2. The highest BCUT2D eigenvalue weighted by Crippen LogP contribution is 2.41. The SMILES string of the molecule is CCCN1C(=O)C(=O)/C(=C(\O)c2ccc(OCC)cc2OCC)C1c1cccc(C)c1. The van der Waals surface area contributed by atoms with Crippen molar-refractivity contribution in [1.82, 2.24) is 4.90 Å². The van der Waals surface area contributed by atoms with E-state index in [9.17, 15) is 14.7 Å². The van der Waals surface area contributed by atoms with Crippen molar-refractivity contribution in [1.29, 1.82) is 0 Å². The number of carbonyl (C=O) groups is 2. The van der Waals surface area contributed by atoms with E-state index in [0.717, 1.165) is 11.1 Å². The molecule has 1 saturated heterocycles. The Morgan fingerprint density at radius 3 is 2.42 bits per heavy atom. The van der Waals surface area contributed by atoms with Gasteiger partial charge in [-0.25, -0.2) is 0 Å². The van der Waals surface area contributed by atoms with Crippen molar-refractivity contribution < 1.29 is 24.2 Å². The Labute approximate surface area is 183 Å². The van der Waals surface area contributed by atoms with E-state index in [4.69, 9.17) is 9.47 Å². The molecule has 0 spiro atoms. The summed E-state index contributed by atoms with van der Waals surface area (Å²) in [5, 5.41) is 11.3. The number of likely N-dealkylation sites (tertiary alicyclic amines) is 1. The molecule has 6 heteroatoms. The maximum Gasteiger partial charge on any atom is 0.295 e. The molecule has 1 amide bonds. The number of aryl methyl sites for hydroxylation is 1. The lowest BCUT2D eigenvalue weighted by atomic mass is 9.94. The number of rotatable bonds is 8. The molecular formula is C25H29NO5. The second-order valence-electron chi connectivity index (χ2n) is 7.43. The molecule has 0 radical (unpaired) electrons. The number of hydrogen-bond donors (Lipinski definition) is 1. The number of Topliss-reactive ketones (excluding diaryl/α,β-unsaturated/α-hetero) is 1. The van der Waals surface area contributed by atoms with E-state index >= 15 is 0 Å². The quantitative estimate of drug-likeness (QED) is 0.381. The Balaban J connectivity index is 2.20. The van der Waals surface area contributed by atoms with Gasteiger partial charge in [0.15, 0.2) is 0 Å². The van der Waals surface area contributed by atoms with Crippen LogP contribution < -0.4 is 9.47 Å². The maximum absolute atomic E-state index is 13.0. The highest BCUT2D eigenvalue weighted by Gasteiger charge is 2.45. The summed E-state index contributed by atoms with van der Waals surface area (Å²) in [5.74, 6) is -0.526. The summed E-state index contributed by atoms with van der Waals surface area (Å²) in [6, 6.07) is 12.1. The zero-order valence-corrected chi connectivity index (χ0v) is 18.5. The van der Waals surface area contributed by atoms with Crippen molar-refractivity contribution in [3.05, 3.63) is 64.7 Å². The first-order valence-electron chi connectivity index (χ1n) is 10.7. The molecule has 1 aliphatic rings. The molecule has 0 aliphatic carbocycles. The van der Waals surface area contributed by atoms with Gasteiger partial charge in [-0.1, -0.05) is 36.8 Å². The van der Waals surface area contributed by atoms with E-state index in [-0.39, 0.29) is 11.3 Å². The molecule has 2 aromatic rings. The molecule has 0 aromatic heterocycles. The normalized spacial score (nSPS) is 17.8. The minimum absolute atomic E-state index is 0.0779. The van der Waals surface area contributed by atoms with Gasteiger partial charge in [0.05, 0.1) is 30.4 Å². The monoisotopic (exact) mass is 423 g/mol. The van der Waals surface area contributed by atoms with Gasteiger partial charge < -0.3 is 19.5 Å². The average Bonchev–Trinajstić information content (AvgIpc) is 2.99. The largest absolute Gasteiger partial charge is 0.507 e. The average molecular weight is 424 g/mol. The smallest absolute Gasteiger partial charge is 0.295 e. The summed E-state index contributed by atoms with van der Waals surface area (Å²) in [6.07, 6.45) is 0.697. The summed E-state index contributed by atoms with van der Waals surface area (Å²) in [5.41, 5.74) is 2.24. The van der Waals surface area contributed by atoms with Crippen LogP contribution in [-0.4, -0.2) is 41.5 Å². The van der Waals surface area contributed by atoms with E-state index < -0.39 is 17.7 Å². The number of aliphatic hydroxyl groups is 1. The predicted octanol–water partition coefficient (Wildman–Crippen LogP) is 4.62. The Bertz CT molecular complexity index is 1010. The molecule has 1 fully saturated rings. The highest BCUT2D eigenvalue weighted by molar-refractivity contribution is 6.46. The molecule has 6 nitrogen and oxygen atoms in total. The molecule has 164 valence electrons. The van der Waals surface area contributed by atoms with Crippen molar-refractivity contribution in [2.24, 2.45) is 0 Å². The van der Waals surface area contributed by atoms with Crippen LogP contribution in [0.5, 0.6) is 11.5 Å². The van der Waals surface area contributed by atoms with Gasteiger partial charge in [-0.3, -0.25) is 9.59 Å². The lowest BCUT2D eigenvalue weighted by molar-refractivity contribution is -0.139. The van der Waals surface area contributed by atoms with Crippen molar-refractivity contribution in [3.8, 4) is 11.5 Å². The highest BCUT2D eigenvalue weighted by atomic mass is 16.5. The summed E-state index contributed by atoms with van der Waals surface area (Å²) < 4.78 is 11.3. The molecule has 1 atom stereocenters. The Morgan fingerprint density at radius 2 is 1.77 bits per heavy atom. The van der Waals surface area contributed by atoms with Gasteiger partial charge in [0.25, 0.3) is 11.7 Å². The Kier molecular flexibility index (Phi) is 7.00. The molecule has 0 saturated carbocycles. The van der Waals surface area contributed by atoms with Gasteiger partial charge in [-0.15, -0.1) is 0 Å². The van der Waals surface area contributed by atoms with Crippen LogP contribution in [0, 0.1) is 6.92 Å². The van der Waals surface area contributed by atoms with E-state index in [2.05, 4.69) is 0 Å². The van der Waals surface area contributed by atoms with Crippen molar-refractivity contribution in [2.75, 3.05) is 19.8 Å². The van der Waals surface area contributed by atoms with Crippen LogP contribution >= 0.6 is 0 Å². The molecule has 1 heterocycles. The Morgan fingerprint density at radius 1 is 1.03 bits per heavy atom. The number of benzene rings is 2. The summed E-state index contributed by atoms with van der Waals surface area (Å²) >= 11 is 0. The molecule has 0 bridgehead atoms. The molecule has 1 N–H and O–H groups in total. The molecule has 1 aliphatic heterocycles. The summed E-state index contributed by atoms with van der Waals surface area (Å²) in [4.78, 5) is 27.4. The van der Waals surface area contributed by atoms with Gasteiger partial charge in [0, 0.05) is 12.6 Å². The lowest BCUT2D eigenvalue weighted by Crippen LogP contribution is -2.30.